The fourth-order valence-electron chi connectivity index (χ4n) is 1.95. The summed E-state index contributed by atoms with van der Waals surface area (Å²) >= 11 is 0. The van der Waals surface area contributed by atoms with E-state index in [1.54, 1.807) is 6.33 Å². The van der Waals surface area contributed by atoms with Crippen molar-refractivity contribution in [3.05, 3.63) is 30.1 Å². The van der Waals surface area contributed by atoms with Crippen molar-refractivity contribution in [2.45, 2.75) is 32.2 Å². The minimum Gasteiger partial charge on any atom is -0.307 e. The Hall–Kier alpha value is -1.69. The van der Waals surface area contributed by atoms with Gasteiger partial charge >= 0.3 is 0 Å². The molecule has 0 radical (unpaired) electrons. The summed E-state index contributed by atoms with van der Waals surface area (Å²) in [5.74, 6) is 0.910. The average Bonchev–Trinajstić information content (AvgIpc) is 3.01. The van der Waals surface area contributed by atoms with E-state index in [9.17, 15) is 0 Å². The van der Waals surface area contributed by atoms with Gasteiger partial charge < -0.3 is 5.32 Å². The standard InChI is InChI=1S/C12H20N6/c1-3-6-13-11(12-14-9-15-17-12)5-4-10-7-16-18(2)8-10/h7-9,11,13H,3-6H2,1-2H3,(H,14,15,17). The highest BCUT2D eigenvalue weighted by Crippen LogP contribution is 2.15. The van der Waals surface area contributed by atoms with Crippen LogP contribution in [0, 0.1) is 0 Å². The first-order valence-corrected chi connectivity index (χ1v) is 6.35. The molecule has 0 amide bonds. The molecule has 18 heavy (non-hydrogen) atoms. The molecule has 0 saturated heterocycles. The van der Waals surface area contributed by atoms with Gasteiger partial charge in [-0.3, -0.25) is 9.78 Å². The minimum absolute atomic E-state index is 0.229. The van der Waals surface area contributed by atoms with E-state index in [0.717, 1.165) is 31.6 Å². The lowest BCUT2D eigenvalue weighted by molar-refractivity contribution is 0.478. The fraction of sp³-hybridized carbons (Fsp3) is 0.583. The predicted molar refractivity (Wildman–Crippen MR) is 68.9 cm³/mol. The molecule has 0 aliphatic heterocycles. The highest BCUT2D eigenvalue weighted by atomic mass is 15.2. The molecule has 6 heteroatoms. The molecule has 0 saturated carbocycles. The first-order valence-electron chi connectivity index (χ1n) is 6.35. The van der Waals surface area contributed by atoms with Gasteiger partial charge in [-0.05, 0) is 31.4 Å². The van der Waals surface area contributed by atoms with Crippen molar-refractivity contribution in [1.82, 2.24) is 30.3 Å². The van der Waals surface area contributed by atoms with E-state index >= 15 is 0 Å². The van der Waals surface area contributed by atoms with Crippen LogP contribution in [-0.2, 0) is 13.5 Å². The number of hydrogen-bond donors (Lipinski definition) is 2. The Morgan fingerprint density at radius 3 is 3.00 bits per heavy atom. The van der Waals surface area contributed by atoms with Crippen molar-refractivity contribution >= 4 is 0 Å². The van der Waals surface area contributed by atoms with Crippen molar-refractivity contribution in [2.24, 2.45) is 7.05 Å². The maximum absolute atomic E-state index is 4.24. The predicted octanol–water partition coefficient (Wildman–Crippen LogP) is 1.21. The third-order valence-electron chi connectivity index (χ3n) is 2.88. The Morgan fingerprint density at radius 2 is 2.39 bits per heavy atom. The molecule has 6 nitrogen and oxygen atoms in total. The van der Waals surface area contributed by atoms with E-state index in [0.29, 0.717) is 0 Å². The molecule has 98 valence electrons. The summed E-state index contributed by atoms with van der Waals surface area (Å²) in [7, 11) is 1.94. The third-order valence-corrected chi connectivity index (χ3v) is 2.88. The van der Waals surface area contributed by atoms with Gasteiger partial charge in [0.1, 0.15) is 12.2 Å². The summed E-state index contributed by atoms with van der Waals surface area (Å²) in [5.41, 5.74) is 1.25. The molecule has 2 aromatic heterocycles. The maximum atomic E-state index is 4.24. The van der Waals surface area contributed by atoms with Crippen LogP contribution >= 0.6 is 0 Å². The lowest BCUT2D eigenvalue weighted by atomic mass is 10.1. The summed E-state index contributed by atoms with van der Waals surface area (Å²) in [6.07, 6.45) is 8.60. The number of hydrogen-bond acceptors (Lipinski definition) is 4. The Bertz CT molecular complexity index is 447. The fourth-order valence-corrected chi connectivity index (χ4v) is 1.95. The third kappa shape index (κ3) is 3.40. The largest absolute Gasteiger partial charge is 0.307 e. The van der Waals surface area contributed by atoms with Gasteiger partial charge in [-0.1, -0.05) is 6.92 Å². The van der Waals surface area contributed by atoms with Crippen molar-refractivity contribution in [3.8, 4) is 0 Å². The van der Waals surface area contributed by atoms with Crippen molar-refractivity contribution in [3.63, 3.8) is 0 Å². The first kappa shape index (κ1) is 12.8. The van der Waals surface area contributed by atoms with E-state index in [2.05, 4.69) is 38.7 Å². The second-order valence-electron chi connectivity index (χ2n) is 4.44. The monoisotopic (exact) mass is 248 g/mol. The molecule has 2 rings (SSSR count). The van der Waals surface area contributed by atoms with Crippen LogP contribution in [0.1, 0.15) is 37.2 Å². The molecular weight excluding hydrogens is 228 g/mol. The highest BCUT2D eigenvalue weighted by molar-refractivity contribution is 5.05. The van der Waals surface area contributed by atoms with E-state index < -0.39 is 0 Å². The zero-order valence-electron chi connectivity index (χ0n) is 10.9. The van der Waals surface area contributed by atoms with Crippen LogP contribution < -0.4 is 5.32 Å². The molecule has 0 bridgehead atoms. The SMILES string of the molecule is CCCNC(CCc1cnn(C)c1)c1ncn[nH]1. The molecule has 0 aliphatic carbocycles. The van der Waals surface area contributed by atoms with Crippen LogP contribution in [0.3, 0.4) is 0 Å². The quantitative estimate of drug-likeness (QED) is 0.772. The average molecular weight is 248 g/mol. The molecule has 1 atom stereocenters. The van der Waals surface area contributed by atoms with Gasteiger partial charge in [0.25, 0.3) is 0 Å². The Morgan fingerprint density at radius 1 is 1.50 bits per heavy atom. The lowest BCUT2D eigenvalue weighted by Crippen LogP contribution is -2.23. The van der Waals surface area contributed by atoms with Gasteiger partial charge in [0, 0.05) is 13.2 Å². The lowest BCUT2D eigenvalue weighted by Gasteiger charge is -2.15. The summed E-state index contributed by atoms with van der Waals surface area (Å²) in [4.78, 5) is 4.24. The normalized spacial score (nSPS) is 12.8. The van der Waals surface area contributed by atoms with Crippen LogP contribution in [0.2, 0.25) is 0 Å². The van der Waals surface area contributed by atoms with Gasteiger partial charge in [-0.25, -0.2) is 4.98 Å². The number of nitrogens with one attached hydrogen (secondary N) is 2. The van der Waals surface area contributed by atoms with Gasteiger partial charge in [-0.2, -0.15) is 10.2 Å². The number of rotatable bonds is 7. The minimum atomic E-state index is 0.229. The van der Waals surface area contributed by atoms with Crippen LogP contribution in [0.25, 0.3) is 0 Å². The molecular formula is C12H20N6. The van der Waals surface area contributed by atoms with Gasteiger partial charge in [0.2, 0.25) is 0 Å². The summed E-state index contributed by atoms with van der Waals surface area (Å²) < 4.78 is 1.83. The van der Waals surface area contributed by atoms with E-state index in [1.165, 1.54) is 5.56 Å². The second-order valence-corrected chi connectivity index (χ2v) is 4.44. The second kappa shape index (κ2) is 6.30. The van der Waals surface area contributed by atoms with E-state index in [-0.39, 0.29) is 6.04 Å². The molecule has 0 fully saturated rings. The van der Waals surface area contributed by atoms with Crippen LogP contribution in [0.4, 0.5) is 0 Å². The maximum Gasteiger partial charge on any atom is 0.141 e. The number of nitrogens with zero attached hydrogens (tertiary/aromatic N) is 4. The number of aryl methyl sites for hydroxylation is 2. The van der Waals surface area contributed by atoms with Gasteiger partial charge in [0.05, 0.1) is 12.2 Å². The zero-order valence-corrected chi connectivity index (χ0v) is 10.9. The summed E-state index contributed by atoms with van der Waals surface area (Å²) in [6, 6.07) is 0.229. The molecule has 2 aromatic rings. The van der Waals surface area contributed by atoms with Crippen molar-refractivity contribution in [2.75, 3.05) is 6.54 Å². The smallest absolute Gasteiger partial charge is 0.141 e. The number of aromatic amines is 1. The van der Waals surface area contributed by atoms with E-state index in [4.69, 9.17) is 0 Å². The number of aromatic nitrogens is 5. The van der Waals surface area contributed by atoms with Crippen molar-refractivity contribution in [1.29, 1.82) is 0 Å². The topological polar surface area (TPSA) is 71.4 Å². The molecule has 0 spiro atoms. The highest BCUT2D eigenvalue weighted by Gasteiger charge is 2.13. The van der Waals surface area contributed by atoms with E-state index in [1.807, 2.05) is 17.9 Å². The molecule has 0 aliphatic rings. The molecule has 1 unspecified atom stereocenters. The Balaban J connectivity index is 1.93. The van der Waals surface area contributed by atoms with Crippen LogP contribution in [0.15, 0.2) is 18.7 Å². The van der Waals surface area contributed by atoms with Gasteiger partial charge in [-0.15, -0.1) is 0 Å². The van der Waals surface area contributed by atoms with Crippen LogP contribution in [-0.4, -0.2) is 31.5 Å². The first-order chi connectivity index (χ1) is 8.79. The zero-order chi connectivity index (χ0) is 12.8. The molecule has 2 N–H and O–H groups in total. The van der Waals surface area contributed by atoms with Gasteiger partial charge in [0.15, 0.2) is 0 Å². The Labute approximate surface area is 107 Å². The molecule has 2 heterocycles. The Kier molecular flexibility index (Phi) is 4.46. The molecule has 0 aromatic carbocycles. The number of H-pyrrole nitrogens is 1. The van der Waals surface area contributed by atoms with Crippen molar-refractivity contribution < 1.29 is 0 Å². The van der Waals surface area contributed by atoms with Crippen LogP contribution in [0.5, 0.6) is 0 Å². The summed E-state index contributed by atoms with van der Waals surface area (Å²) in [5, 5.41) is 14.5. The summed E-state index contributed by atoms with van der Waals surface area (Å²) in [6.45, 7) is 3.14.